The van der Waals surface area contributed by atoms with Gasteiger partial charge >= 0.3 is 0 Å². The predicted octanol–water partition coefficient (Wildman–Crippen LogP) is 14.8. The summed E-state index contributed by atoms with van der Waals surface area (Å²) in [5.74, 6) is 0. The van der Waals surface area contributed by atoms with Crippen molar-refractivity contribution in [1.82, 2.24) is 0 Å². The average molecular weight is 708 g/mol. The van der Waals surface area contributed by atoms with Crippen LogP contribution < -0.4 is 4.90 Å². The number of rotatable bonds is 4. The second kappa shape index (κ2) is 11.0. The maximum absolute atomic E-state index is 6.97. The van der Waals surface area contributed by atoms with Crippen LogP contribution in [-0.4, -0.2) is 0 Å². The van der Waals surface area contributed by atoms with Gasteiger partial charge in [0.1, 0.15) is 27.9 Å². The molecular weight excluding hydrogens is 675 g/mol. The molecule has 1 aliphatic rings. The minimum absolute atomic E-state index is 0.147. The first kappa shape index (κ1) is 30.4. The van der Waals surface area contributed by atoms with Gasteiger partial charge in [-0.3, -0.25) is 0 Å². The minimum atomic E-state index is -0.147. The van der Waals surface area contributed by atoms with Crippen LogP contribution in [0.3, 0.4) is 0 Å². The van der Waals surface area contributed by atoms with Crippen LogP contribution in [0, 0.1) is 0 Å². The number of fused-ring (bicyclic) bond motifs is 14. The first-order valence-electron chi connectivity index (χ1n) is 18.8. The molecule has 0 saturated carbocycles. The third-order valence-electron chi connectivity index (χ3n) is 11.9. The van der Waals surface area contributed by atoms with Crippen LogP contribution in [-0.2, 0) is 5.41 Å². The fraction of sp³-hybridized carbons (Fsp3) is 0.0588. The summed E-state index contributed by atoms with van der Waals surface area (Å²) in [6.07, 6.45) is 0. The first-order chi connectivity index (χ1) is 27.0. The maximum Gasteiger partial charge on any atom is 0.159 e. The standard InChI is InChI=1S/C51H33NO3/c1-51(2)39-16-8-6-13-34(39)35-24-23-33(29-40(35)51)52(32-21-19-31(20-22-32)30-11-4-3-5-12-30)41-17-10-15-38-46-43(55-49(38)41)27-28-44-47(46)48-45(53-44)26-25-37-36-14-7-9-18-42(36)54-50(37)48/h3-29H,1-2H3. The van der Waals surface area contributed by atoms with Crippen LogP contribution in [0.2, 0.25) is 0 Å². The van der Waals surface area contributed by atoms with Crippen molar-refractivity contribution >= 4 is 82.9 Å². The van der Waals surface area contributed by atoms with Crippen molar-refractivity contribution in [1.29, 1.82) is 0 Å². The molecule has 11 aromatic rings. The van der Waals surface area contributed by atoms with Gasteiger partial charge in [0.15, 0.2) is 5.58 Å². The van der Waals surface area contributed by atoms with Crippen LogP contribution in [0.25, 0.3) is 88.1 Å². The summed E-state index contributed by atoms with van der Waals surface area (Å²) >= 11 is 0. The van der Waals surface area contributed by atoms with E-state index in [4.69, 9.17) is 13.3 Å². The molecule has 55 heavy (non-hydrogen) atoms. The van der Waals surface area contributed by atoms with E-state index in [9.17, 15) is 0 Å². The summed E-state index contributed by atoms with van der Waals surface area (Å²) in [4.78, 5) is 2.35. The fourth-order valence-corrected chi connectivity index (χ4v) is 9.27. The van der Waals surface area contributed by atoms with Crippen LogP contribution >= 0.6 is 0 Å². The lowest BCUT2D eigenvalue weighted by molar-refractivity contribution is 0.659. The smallest absolute Gasteiger partial charge is 0.159 e. The quantitative estimate of drug-likeness (QED) is 0.183. The monoisotopic (exact) mass is 707 g/mol. The average Bonchev–Trinajstić information content (AvgIpc) is 3.97. The Hall–Kier alpha value is -7.04. The van der Waals surface area contributed by atoms with Gasteiger partial charge in [-0.1, -0.05) is 117 Å². The lowest BCUT2D eigenvalue weighted by atomic mass is 9.82. The number of hydrogen-bond acceptors (Lipinski definition) is 4. The van der Waals surface area contributed by atoms with E-state index in [1.165, 1.54) is 33.4 Å². The molecule has 0 fully saturated rings. The van der Waals surface area contributed by atoms with E-state index >= 15 is 0 Å². The van der Waals surface area contributed by atoms with Crippen LogP contribution in [0.4, 0.5) is 17.1 Å². The predicted molar refractivity (Wildman–Crippen MR) is 226 cm³/mol. The molecule has 0 N–H and O–H groups in total. The molecule has 0 spiro atoms. The van der Waals surface area contributed by atoms with Crippen molar-refractivity contribution in [2.24, 2.45) is 0 Å². The molecule has 3 heterocycles. The summed E-state index contributed by atoms with van der Waals surface area (Å²) in [5, 5.41) is 6.18. The zero-order valence-electron chi connectivity index (χ0n) is 30.3. The number of benzene rings is 8. The number of hydrogen-bond donors (Lipinski definition) is 0. The van der Waals surface area contributed by atoms with Gasteiger partial charge < -0.3 is 18.2 Å². The number of nitrogens with zero attached hydrogens (tertiary/aromatic N) is 1. The molecule has 12 rings (SSSR count). The van der Waals surface area contributed by atoms with Crippen molar-refractivity contribution in [3.8, 4) is 22.3 Å². The SMILES string of the molecule is CC1(C)c2ccccc2-c2ccc(N(c3ccc(-c4ccccc4)cc3)c3cccc4c3oc3ccc5oc6ccc7c8ccccc8oc7c6c5c34)cc21. The molecule has 0 radical (unpaired) electrons. The van der Waals surface area contributed by atoms with E-state index in [0.717, 1.165) is 82.9 Å². The lowest BCUT2D eigenvalue weighted by Gasteiger charge is -2.28. The zero-order valence-corrected chi connectivity index (χ0v) is 30.3. The molecule has 1 aliphatic carbocycles. The fourth-order valence-electron chi connectivity index (χ4n) is 9.27. The van der Waals surface area contributed by atoms with E-state index in [1.54, 1.807) is 0 Å². The largest absolute Gasteiger partial charge is 0.456 e. The second-order valence-electron chi connectivity index (χ2n) is 15.2. The van der Waals surface area contributed by atoms with Gasteiger partial charge in [0.25, 0.3) is 0 Å². The van der Waals surface area contributed by atoms with Gasteiger partial charge in [-0.25, -0.2) is 0 Å². The van der Waals surface area contributed by atoms with Crippen molar-refractivity contribution in [2.45, 2.75) is 19.3 Å². The number of anilines is 3. The molecule has 8 aromatic carbocycles. The number of furan rings is 3. The molecule has 0 atom stereocenters. The Morgan fingerprint density at radius 3 is 1.93 bits per heavy atom. The van der Waals surface area contributed by atoms with Crippen molar-refractivity contribution in [3.63, 3.8) is 0 Å². The van der Waals surface area contributed by atoms with E-state index < -0.39 is 0 Å². The molecule has 0 aliphatic heterocycles. The van der Waals surface area contributed by atoms with Crippen molar-refractivity contribution < 1.29 is 13.3 Å². The highest BCUT2D eigenvalue weighted by atomic mass is 16.3. The molecule has 0 unspecified atom stereocenters. The van der Waals surface area contributed by atoms with Gasteiger partial charge in [-0.05, 0) is 94.0 Å². The third-order valence-corrected chi connectivity index (χ3v) is 11.9. The van der Waals surface area contributed by atoms with Crippen LogP contribution in [0.1, 0.15) is 25.0 Å². The highest BCUT2D eigenvalue weighted by Crippen LogP contribution is 2.52. The first-order valence-corrected chi connectivity index (χ1v) is 18.8. The molecule has 0 saturated heterocycles. The van der Waals surface area contributed by atoms with E-state index in [0.29, 0.717) is 0 Å². The van der Waals surface area contributed by atoms with Gasteiger partial charge in [-0.2, -0.15) is 0 Å². The molecule has 260 valence electrons. The normalized spacial score (nSPS) is 13.4. The molecule has 0 amide bonds. The molecule has 4 heteroatoms. The Bertz CT molecular complexity index is 3340. The Morgan fingerprint density at radius 1 is 0.400 bits per heavy atom. The summed E-state index contributed by atoms with van der Waals surface area (Å²) in [6, 6.07) is 58.0. The maximum atomic E-state index is 6.97. The van der Waals surface area contributed by atoms with Gasteiger partial charge in [0.05, 0.1) is 11.1 Å². The van der Waals surface area contributed by atoms with Crippen molar-refractivity contribution in [2.75, 3.05) is 4.90 Å². The summed E-state index contributed by atoms with van der Waals surface area (Å²) < 4.78 is 20.1. The second-order valence-corrected chi connectivity index (χ2v) is 15.2. The van der Waals surface area contributed by atoms with Gasteiger partial charge in [0.2, 0.25) is 0 Å². The van der Waals surface area contributed by atoms with Crippen LogP contribution in [0.5, 0.6) is 0 Å². The van der Waals surface area contributed by atoms with Crippen LogP contribution in [0.15, 0.2) is 177 Å². The molecule has 4 nitrogen and oxygen atoms in total. The van der Waals surface area contributed by atoms with E-state index in [1.807, 2.05) is 24.3 Å². The highest BCUT2D eigenvalue weighted by molar-refractivity contribution is 6.32. The van der Waals surface area contributed by atoms with E-state index in [-0.39, 0.29) is 5.41 Å². The molecule has 0 bridgehead atoms. The highest BCUT2D eigenvalue weighted by Gasteiger charge is 2.36. The Kier molecular flexibility index (Phi) is 6.09. The zero-order chi connectivity index (χ0) is 36.4. The topological polar surface area (TPSA) is 42.7 Å². The Labute approximate surface area is 316 Å². The van der Waals surface area contributed by atoms with Gasteiger partial charge in [0, 0.05) is 43.7 Å². The third kappa shape index (κ3) is 4.22. The van der Waals surface area contributed by atoms with Crippen molar-refractivity contribution in [3.05, 3.63) is 175 Å². The summed E-state index contributed by atoms with van der Waals surface area (Å²) in [7, 11) is 0. The Morgan fingerprint density at radius 2 is 1.05 bits per heavy atom. The molecule has 3 aromatic heterocycles. The minimum Gasteiger partial charge on any atom is -0.456 e. The lowest BCUT2D eigenvalue weighted by Crippen LogP contribution is -2.16. The Balaban J connectivity index is 1.12. The number of para-hydroxylation sites is 2. The summed E-state index contributed by atoms with van der Waals surface area (Å²) in [6.45, 7) is 4.67. The van der Waals surface area contributed by atoms with Gasteiger partial charge in [-0.15, -0.1) is 0 Å². The van der Waals surface area contributed by atoms with E-state index in [2.05, 4.69) is 158 Å². The summed E-state index contributed by atoms with van der Waals surface area (Å²) in [5.41, 5.74) is 15.5. The molecular formula is C51H33NO3.